The van der Waals surface area contributed by atoms with Crippen molar-refractivity contribution in [3.8, 4) is 0 Å². The third-order valence-corrected chi connectivity index (χ3v) is 3.66. The van der Waals surface area contributed by atoms with Crippen LogP contribution in [0.4, 0.5) is 5.82 Å². The minimum absolute atomic E-state index is 0.0373. The van der Waals surface area contributed by atoms with Crippen LogP contribution in [0.5, 0.6) is 0 Å². The van der Waals surface area contributed by atoms with Gasteiger partial charge in [-0.3, -0.25) is 0 Å². The highest BCUT2D eigenvalue weighted by molar-refractivity contribution is 5.42. The Bertz CT molecular complexity index is 364. The van der Waals surface area contributed by atoms with Crippen LogP contribution in [0.3, 0.4) is 0 Å². The van der Waals surface area contributed by atoms with Crippen molar-refractivity contribution in [1.82, 2.24) is 4.98 Å². The molecule has 2 heterocycles. The molecule has 1 aliphatic rings. The molecular formula is C14H23N3O. The van der Waals surface area contributed by atoms with Crippen LogP contribution < -0.4 is 10.6 Å². The fraction of sp³-hybridized carbons (Fsp3) is 0.643. The van der Waals surface area contributed by atoms with Crippen LogP contribution in [0.1, 0.15) is 44.2 Å². The zero-order valence-corrected chi connectivity index (χ0v) is 11.0. The van der Waals surface area contributed by atoms with Gasteiger partial charge >= 0.3 is 0 Å². The molecule has 0 radical (unpaired) electrons. The Hall–Kier alpha value is -1.13. The minimum Gasteiger partial charge on any atom is -0.396 e. The molecule has 100 valence electrons. The van der Waals surface area contributed by atoms with Crippen LogP contribution >= 0.6 is 0 Å². The van der Waals surface area contributed by atoms with Gasteiger partial charge in [0.15, 0.2) is 0 Å². The zero-order chi connectivity index (χ0) is 13.0. The lowest BCUT2D eigenvalue weighted by molar-refractivity contribution is 0.279. The Labute approximate surface area is 109 Å². The van der Waals surface area contributed by atoms with Crippen molar-refractivity contribution in [2.24, 2.45) is 5.73 Å². The predicted octanol–water partition coefficient (Wildman–Crippen LogP) is 1.84. The molecule has 4 heteroatoms. The Morgan fingerprint density at radius 3 is 3.00 bits per heavy atom. The van der Waals surface area contributed by atoms with Crippen molar-refractivity contribution in [1.29, 1.82) is 0 Å². The summed E-state index contributed by atoms with van der Waals surface area (Å²) in [6, 6.07) is 4.70. The maximum Gasteiger partial charge on any atom is 0.128 e. The molecule has 3 N–H and O–H groups in total. The zero-order valence-electron chi connectivity index (χ0n) is 11.0. The van der Waals surface area contributed by atoms with E-state index < -0.39 is 0 Å². The minimum atomic E-state index is 0.0373. The molecule has 1 saturated heterocycles. The molecule has 0 aromatic carbocycles. The number of aliphatic hydroxyl groups excluding tert-OH is 1. The third-order valence-electron chi connectivity index (χ3n) is 3.66. The summed E-state index contributed by atoms with van der Waals surface area (Å²) in [5, 5.41) is 8.93. The lowest BCUT2D eigenvalue weighted by Gasteiger charge is -2.25. The first-order chi connectivity index (χ1) is 8.72. The predicted molar refractivity (Wildman–Crippen MR) is 73.5 cm³/mol. The van der Waals surface area contributed by atoms with Gasteiger partial charge in [-0.25, -0.2) is 4.98 Å². The van der Waals surface area contributed by atoms with Crippen LogP contribution in [0, 0.1) is 0 Å². The molecule has 1 aromatic heterocycles. The smallest absolute Gasteiger partial charge is 0.128 e. The number of rotatable bonds is 5. The van der Waals surface area contributed by atoms with Crippen LogP contribution in [0.15, 0.2) is 18.3 Å². The van der Waals surface area contributed by atoms with E-state index in [1.165, 1.54) is 12.8 Å². The number of hydrogen-bond acceptors (Lipinski definition) is 4. The van der Waals surface area contributed by atoms with Gasteiger partial charge in [-0.1, -0.05) is 6.07 Å². The highest BCUT2D eigenvalue weighted by atomic mass is 16.2. The molecule has 1 fully saturated rings. The van der Waals surface area contributed by atoms with Crippen LogP contribution in [0.25, 0.3) is 0 Å². The fourth-order valence-corrected chi connectivity index (χ4v) is 2.60. The summed E-state index contributed by atoms with van der Waals surface area (Å²) in [7, 11) is 0. The summed E-state index contributed by atoms with van der Waals surface area (Å²) >= 11 is 0. The Morgan fingerprint density at radius 1 is 1.56 bits per heavy atom. The van der Waals surface area contributed by atoms with Crippen LogP contribution in [-0.4, -0.2) is 29.3 Å². The van der Waals surface area contributed by atoms with E-state index in [1.54, 1.807) is 0 Å². The number of hydrogen-bond donors (Lipinski definition) is 2. The molecule has 1 aliphatic heterocycles. The molecule has 4 nitrogen and oxygen atoms in total. The van der Waals surface area contributed by atoms with E-state index in [0.717, 1.165) is 30.8 Å². The standard InChI is InChI=1S/C14H23N3O/c1-11(15)12-6-7-14(16-10-12)17-8-2-4-13(17)5-3-9-18/h6-7,10-11,13,18H,2-5,8-9,15H2,1H3. The number of aliphatic hydroxyl groups is 1. The van der Waals surface area contributed by atoms with Gasteiger partial charge in [-0.05, 0) is 44.2 Å². The Morgan fingerprint density at radius 2 is 2.39 bits per heavy atom. The van der Waals surface area contributed by atoms with Gasteiger partial charge < -0.3 is 15.7 Å². The topological polar surface area (TPSA) is 62.4 Å². The molecule has 0 saturated carbocycles. The van der Waals surface area contributed by atoms with Crippen molar-refractivity contribution in [3.05, 3.63) is 23.9 Å². The molecule has 0 amide bonds. The molecule has 0 bridgehead atoms. The summed E-state index contributed by atoms with van der Waals surface area (Å²) in [6.45, 7) is 3.32. The van der Waals surface area contributed by atoms with Gasteiger partial charge in [0.25, 0.3) is 0 Å². The summed E-state index contributed by atoms with van der Waals surface area (Å²) in [4.78, 5) is 6.89. The second kappa shape index (κ2) is 6.16. The van der Waals surface area contributed by atoms with E-state index in [0.29, 0.717) is 6.04 Å². The maximum absolute atomic E-state index is 8.93. The first-order valence-corrected chi connectivity index (χ1v) is 6.81. The van der Waals surface area contributed by atoms with Gasteiger partial charge in [0.2, 0.25) is 0 Å². The quantitative estimate of drug-likeness (QED) is 0.836. The van der Waals surface area contributed by atoms with E-state index >= 15 is 0 Å². The Balaban J connectivity index is 2.05. The average molecular weight is 249 g/mol. The van der Waals surface area contributed by atoms with E-state index in [1.807, 2.05) is 13.1 Å². The fourth-order valence-electron chi connectivity index (χ4n) is 2.60. The molecule has 2 rings (SSSR count). The van der Waals surface area contributed by atoms with Gasteiger partial charge in [-0.15, -0.1) is 0 Å². The normalized spacial score (nSPS) is 21.3. The molecule has 1 aromatic rings. The molecule has 18 heavy (non-hydrogen) atoms. The first kappa shape index (κ1) is 13.3. The SMILES string of the molecule is CC(N)c1ccc(N2CCCC2CCCO)nc1. The summed E-state index contributed by atoms with van der Waals surface area (Å²) < 4.78 is 0. The van der Waals surface area contributed by atoms with Crippen molar-refractivity contribution in [2.75, 3.05) is 18.1 Å². The number of aromatic nitrogens is 1. The highest BCUT2D eigenvalue weighted by Crippen LogP contribution is 2.27. The number of nitrogens with zero attached hydrogens (tertiary/aromatic N) is 2. The van der Waals surface area contributed by atoms with Gasteiger partial charge in [0.05, 0.1) is 0 Å². The monoisotopic (exact) mass is 249 g/mol. The molecule has 2 unspecified atom stereocenters. The maximum atomic E-state index is 8.93. The summed E-state index contributed by atoms with van der Waals surface area (Å²) in [5.74, 6) is 1.04. The van der Waals surface area contributed by atoms with Crippen LogP contribution in [-0.2, 0) is 0 Å². The number of nitrogens with two attached hydrogens (primary N) is 1. The molecule has 0 spiro atoms. The van der Waals surface area contributed by atoms with Gasteiger partial charge in [-0.2, -0.15) is 0 Å². The second-order valence-electron chi connectivity index (χ2n) is 5.09. The van der Waals surface area contributed by atoms with E-state index in [4.69, 9.17) is 10.8 Å². The lowest BCUT2D eigenvalue weighted by Crippen LogP contribution is -2.30. The van der Waals surface area contributed by atoms with Gasteiger partial charge in [0, 0.05) is 31.4 Å². The van der Waals surface area contributed by atoms with Crippen molar-refractivity contribution in [3.63, 3.8) is 0 Å². The molecule has 0 aliphatic carbocycles. The second-order valence-corrected chi connectivity index (χ2v) is 5.09. The third kappa shape index (κ3) is 3.00. The van der Waals surface area contributed by atoms with E-state index in [9.17, 15) is 0 Å². The number of anilines is 1. The number of pyridine rings is 1. The van der Waals surface area contributed by atoms with Crippen LogP contribution in [0.2, 0.25) is 0 Å². The Kier molecular flexibility index (Phi) is 4.55. The first-order valence-electron chi connectivity index (χ1n) is 6.81. The summed E-state index contributed by atoms with van der Waals surface area (Å²) in [6.07, 6.45) is 6.22. The van der Waals surface area contributed by atoms with Crippen molar-refractivity contribution >= 4 is 5.82 Å². The largest absolute Gasteiger partial charge is 0.396 e. The molecule has 2 atom stereocenters. The van der Waals surface area contributed by atoms with E-state index in [2.05, 4.69) is 22.0 Å². The average Bonchev–Trinajstić information content (AvgIpc) is 2.84. The van der Waals surface area contributed by atoms with E-state index in [-0.39, 0.29) is 12.6 Å². The van der Waals surface area contributed by atoms with Crippen molar-refractivity contribution < 1.29 is 5.11 Å². The molecular weight excluding hydrogens is 226 g/mol. The lowest BCUT2D eigenvalue weighted by atomic mass is 10.1. The van der Waals surface area contributed by atoms with Gasteiger partial charge in [0.1, 0.15) is 5.82 Å². The summed E-state index contributed by atoms with van der Waals surface area (Å²) in [5.41, 5.74) is 6.90. The van der Waals surface area contributed by atoms with Crippen molar-refractivity contribution in [2.45, 2.75) is 44.7 Å². The highest BCUT2D eigenvalue weighted by Gasteiger charge is 2.24.